The monoisotopic (exact) mass is 428 g/mol. The standard InChI is InChI=1S/C20H36N4O6/c1-19(2,3)29-17(27)21-9-8-15(25)23-10-7-11-24(13-12-23)16(26)14-22-18(28)30-20(4,5)6/h7-14H2,1-6H3,(H,21,27)(H,22,28). The Kier molecular flexibility index (Phi) is 9.38. The van der Waals surface area contributed by atoms with E-state index in [1.165, 1.54) is 0 Å². The van der Waals surface area contributed by atoms with Crippen molar-refractivity contribution >= 4 is 24.0 Å². The molecule has 0 aromatic heterocycles. The molecule has 1 saturated heterocycles. The summed E-state index contributed by atoms with van der Waals surface area (Å²) >= 11 is 0. The predicted octanol–water partition coefficient (Wildman–Crippen LogP) is 1.49. The lowest BCUT2D eigenvalue weighted by Crippen LogP contribution is -2.43. The van der Waals surface area contributed by atoms with Gasteiger partial charge in [-0.05, 0) is 48.0 Å². The lowest BCUT2D eigenvalue weighted by molar-refractivity contribution is -0.133. The van der Waals surface area contributed by atoms with Crippen LogP contribution in [0.3, 0.4) is 0 Å². The van der Waals surface area contributed by atoms with Gasteiger partial charge in [-0.25, -0.2) is 9.59 Å². The Hall–Kier alpha value is -2.52. The molecular formula is C20H36N4O6. The van der Waals surface area contributed by atoms with Crippen molar-refractivity contribution in [3.8, 4) is 0 Å². The lowest BCUT2D eigenvalue weighted by Gasteiger charge is -2.23. The van der Waals surface area contributed by atoms with Gasteiger partial charge in [-0.1, -0.05) is 0 Å². The van der Waals surface area contributed by atoms with Gasteiger partial charge in [0.05, 0.1) is 0 Å². The molecule has 172 valence electrons. The van der Waals surface area contributed by atoms with E-state index in [1.54, 1.807) is 51.3 Å². The molecule has 10 nitrogen and oxygen atoms in total. The van der Waals surface area contributed by atoms with Gasteiger partial charge < -0.3 is 29.9 Å². The molecule has 0 spiro atoms. The van der Waals surface area contributed by atoms with Crippen LogP contribution in [0.5, 0.6) is 0 Å². The van der Waals surface area contributed by atoms with E-state index in [4.69, 9.17) is 9.47 Å². The Labute approximate surface area is 178 Å². The average Bonchev–Trinajstić information content (AvgIpc) is 2.82. The second-order valence-electron chi connectivity index (χ2n) is 9.15. The fraction of sp³-hybridized carbons (Fsp3) is 0.800. The third-order valence-corrected chi connectivity index (χ3v) is 3.99. The van der Waals surface area contributed by atoms with Crippen LogP contribution >= 0.6 is 0 Å². The zero-order chi connectivity index (χ0) is 22.9. The van der Waals surface area contributed by atoms with Crippen LogP contribution in [0.15, 0.2) is 0 Å². The molecule has 0 radical (unpaired) electrons. The minimum atomic E-state index is -0.639. The van der Waals surface area contributed by atoms with Gasteiger partial charge in [-0.2, -0.15) is 0 Å². The number of amides is 4. The SMILES string of the molecule is CC(C)(C)OC(=O)NCCC(=O)N1CCCN(C(=O)CNC(=O)OC(C)(C)C)CC1. The molecule has 10 heteroatoms. The topological polar surface area (TPSA) is 117 Å². The summed E-state index contributed by atoms with van der Waals surface area (Å²) in [6.07, 6.45) is -0.392. The molecular weight excluding hydrogens is 392 g/mol. The predicted molar refractivity (Wildman–Crippen MR) is 111 cm³/mol. The molecule has 1 aliphatic heterocycles. The van der Waals surface area contributed by atoms with Crippen molar-refractivity contribution in [2.24, 2.45) is 0 Å². The first-order chi connectivity index (χ1) is 13.8. The van der Waals surface area contributed by atoms with Gasteiger partial charge in [0.15, 0.2) is 0 Å². The second-order valence-corrected chi connectivity index (χ2v) is 9.15. The number of rotatable bonds is 5. The van der Waals surface area contributed by atoms with E-state index in [-0.39, 0.29) is 31.3 Å². The van der Waals surface area contributed by atoms with Gasteiger partial charge in [-0.15, -0.1) is 0 Å². The molecule has 0 aromatic carbocycles. The molecule has 1 heterocycles. The fourth-order valence-electron chi connectivity index (χ4n) is 2.73. The molecule has 1 rings (SSSR count). The van der Waals surface area contributed by atoms with Crippen LogP contribution in [0.1, 0.15) is 54.4 Å². The van der Waals surface area contributed by atoms with Gasteiger partial charge in [-0.3, -0.25) is 9.59 Å². The van der Waals surface area contributed by atoms with Gasteiger partial charge in [0.1, 0.15) is 17.7 Å². The Morgan fingerprint density at radius 3 is 1.70 bits per heavy atom. The molecule has 0 atom stereocenters. The summed E-state index contributed by atoms with van der Waals surface area (Å²) in [6, 6.07) is 0. The number of nitrogens with zero attached hydrogens (tertiary/aromatic N) is 2. The third-order valence-electron chi connectivity index (χ3n) is 3.99. The maximum atomic E-state index is 12.4. The van der Waals surface area contributed by atoms with Crippen LogP contribution in [-0.4, -0.2) is 84.3 Å². The number of hydrogen-bond donors (Lipinski definition) is 2. The van der Waals surface area contributed by atoms with Crippen LogP contribution in [0.4, 0.5) is 9.59 Å². The minimum Gasteiger partial charge on any atom is -0.444 e. The maximum Gasteiger partial charge on any atom is 0.408 e. The first-order valence-corrected chi connectivity index (χ1v) is 10.3. The van der Waals surface area contributed by atoms with Crippen molar-refractivity contribution in [1.82, 2.24) is 20.4 Å². The highest BCUT2D eigenvalue weighted by molar-refractivity contribution is 5.82. The molecule has 0 unspecified atom stereocenters. The quantitative estimate of drug-likeness (QED) is 0.685. The highest BCUT2D eigenvalue weighted by atomic mass is 16.6. The van der Waals surface area contributed by atoms with Gasteiger partial charge in [0, 0.05) is 39.1 Å². The Balaban J connectivity index is 2.36. The van der Waals surface area contributed by atoms with Crippen molar-refractivity contribution in [1.29, 1.82) is 0 Å². The number of nitrogens with one attached hydrogen (secondary N) is 2. The summed E-state index contributed by atoms with van der Waals surface area (Å²) in [7, 11) is 0. The molecule has 0 aromatic rings. The van der Waals surface area contributed by atoms with E-state index in [1.807, 2.05) is 0 Å². The summed E-state index contributed by atoms with van der Waals surface area (Å²) in [5.41, 5.74) is -1.22. The largest absolute Gasteiger partial charge is 0.444 e. The molecule has 0 aliphatic carbocycles. The first kappa shape index (κ1) is 25.5. The summed E-state index contributed by atoms with van der Waals surface area (Å²) in [5.74, 6) is -0.311. The molecule has 0 bridgehead atoms. The van der Waals surface area contributed by atoms with Gasteiger partial charge in [0.25, 0.3) is 0 Å². The third kappa shape index (κ3) is 10.9. The zero-order valence-corrected chi connectivity index (χ0v) is 19.0. The highest BCUT2D eigenvalue weighted by Crippen LogP contribution is 2.08. The van der Waals surface area contributed by atoms with Crippen LogP contribution in [0, 0.1) is 0 Å². The summed E-state index contributed by atoms with van der Waals surface area (Å²) in [4.78, 5) is 51.4. The van der Waals surface area contributed by atoms with Crippen LogP contribution in [0.2, 0.25) is 0 Å². The smallest absolute Gasteiger partial charge is 0.408 e. The number of carbonyl (C=O) groups is 4. The Morgan fingerprint density at radius 2 is 1.20 bits per heavy atom. The lowest BCUT2D eigenvalue weighted by atomic mass is 10.2. The average molecular weight is 429 g/mol. The number of ether oxygens (including phenoxy) is 2. The summed E-state index contributed by atoms with van der Waals surface area (Å²) < 4.78 is 10.3. The molecule has 1 fully saturated rings. The maximum absolute atomic E-state index is 12.4. The minimum absolute atomic E-state index is 0.0905. The highest BCUT2D eigenvalue weighted by Gasteiger charge is 2.23. The van der Waals surface area contributed by atoms with E-state index in [0.29, 0.717) is 32.6 Å². The van der Waals surface area contributed by atoms with E-state index in [9.17, 15) is 19.2 Å². The number of carbonyl (C=O) groups excluding carboxylic acids is 4. The Morgan fingerprint density at radius 1 is 0.733 bits per heavy atom. The van der Waals surface area contributed by atoms with Crippen molar-refractivity contribution < 1.29 is 28.7 Å². The van der Waals surface area contributed by atoms with Crippen LogP contribution in [0.25, 0.3) is 0 Å². The number of hydrogen-bond acceptors (Lipinski definition) is 6. The van der Waals surface area contributed by atoms with Crippen molar-refractivity contribution in [2.75, 3.05) is 39.3 Å². The molecule has 4 amide bonds. The molecule has 2 N–H and O–H groups in total. The van der Waals surface area contributed by atoms with E-state index in [0.717, 1.165) is 0 Å². The first-order valence-electron chi connectivity index (χ1n) is 10.3. The molecule has 1 aliphatic rings. The number of alkyl carbamates (subject to hydrolysis) is 2. The fourth-order valence-corrected chi connectivity index (χ4v) is 2.73. The second kappa shape index (κ2) is 11.0. The summed E-state index contributed by atoms with van der Waals surface area (Å²) in [5, 5.41) is 5.03. The van der Waals surface area contributed by atoms with Crippen molar-refractivity contribution in [3.05, 3.63) is 0 Å². The van der Waals surface area contributed by atoms with Crippen molar-refractivity contribution in [3.63, 3.8) is 0 Å². The Bertz CT molecular complexity index is 624. The van der Waals surface area contributed by atoms with E-state index >= 15 is 0 Å². The molecule has 0 saturated carbocycles. The van der Waals surface area contributed by atoms with Crippen LogP contribution < -0.4 is 10.6 Å². The van der Waals surface area contributed by atoms with Gasteiger partial charge in [0.2, 0.25) is 11.8 Å². The zero-order valence-electron chi connectivity index (χ0n) is 19.0. The summed E-state index contributed by atoms with van der Waals surface area (Å²) in [6.45, 7) is 12.4. The molecule has 30 heavy (non-hydrogen) atoms. The van der Waals surface area contributed by atoms with E-state index in [2.05, 4.69) is 10.6 Å². The van der Waals surface area contributed by atoms with Gasteiger partial charge >= 0.3 is 12.2 Å². The van der Waals surface area contributed by atoms with Crippen molar-refractivity contribution in [2.45, 2.75) is 65.6 Å². The van der Waals surface area contributed by atoms with E-state index < -0.39 is 23.4 Å². The van der Waals surface area contributed by atoms with Crippen LogP contribution in [-0.2, 0) is 19.1 Å². The normalized spacial score (nSPS) is 15.1.